The van der Waals surface area contributed by atoms with Crippen LogP contribution in [-0.2, 0) is 18.2 Å². The van der Waals surface area contributed by atoms with Crippen molar-refractivity contribution in [3.63, 3.8) is 0 Å². The van der Waals surface area contributed by atoms with E-state index in [1.807, 2.05) is 24.6 Å². The molecule has 0 saturated heterocycles. The first kappa shape index (κ1) is 13.6. The maximum atomic E-state index is 11.9. The number of aromatic nitrogens is 2. The van der Waals surface area contributed by atoms with Gasteiger partial charge in [0, 0.05) is 7.05 Å². The predicted molar refractivity (Wildman–Crippen MR) is 75.3 cm³/mol. The van der Waals surface area contributed by atoms with Crippen LogP contribution >= 0.6 is 0 Å². The highest BCUT2D eigenvalue weighted by molar-refractivity contribution is 5.95. The maximum Gasteiger partial charge on any atom is 0.338 e. The van der Waals surface area contributed by atoms with Gasteiger partial charge in [-0.05, 0) is 37.0 Å². The van der Waals surface area contributed by atoms with Gasteiger partial charge in [0.1, 0.15) is 5.82 Å². The smallest absolute Gasteiger partial charge is 0.338 e. The van der Waals surface area contributed by atoms with Crippen molar-refractivity contribution in [2.24, 2.45) is 13.0 Å². The molecule has 0 saturated carbocycles. The highest BCUT2D eigenvalue weighted by atomic mass is 16.5. The van der Waals surface area contributed by atoms with E-state index in [2.05, 4.69) is 24.9 Å². The Morgan fingerprint density at radius 1 is 1.42 bits per heavy atom. The summed E-state index contributed by atoms with van der Waals surface area (Å²) in [6, 6.07) is 3.90. The highest BCUT2D eigenvalue weighted by Gasteiger charge is 2.16. The van der Waals surface area contributed by atoms with Crippen molar-refractivity contribution >= 4 is 17.0 Å². The van der Waals surface area contributed by atoms with E-state index in [0.717, 1.165) is 28.8 Å². The van der Waals surface area contributed by atoms with Crippen molar-refractivity contribution in [1.82, 2.24) is 9.55 Å². The van der Waals surface area contributed by atoms with Crippen molar-refractivity contribution in [3.05, 3.63) is 29.1 Å². The van der Waals surface area contributed by atoms with Crippen LogP contribution in [0.5, 0.6) is 0 Å². The number of esters is 1. The molecule has 0 atom stereocenters. The van der Waals surface area contributed by atoms with Crippen molar-refractivity contribution in [2.75, 3.05) is 7.11 Å². The quantitative estimate of drug-likeness (QED) is 0.797. The van der Waals surface area contributed by atoms with E-state index >= 15 is 0 Å². The van der Waals surface area contributed by atoms with Gasteiger partial charge in [0.15, 0.2) is 0 Å². The number of ether oxygens (including phenoxy) is 1. The summed E-state index contributed by atoms with van der Waals surface area (Å²) >= 11 is 0. The van der Waals surface area contributed by atoms with Gasteiger partial charge in [-0.1, -0.05) is 13.8 Å². The number of hydrogen-bond donors (Lipinski definition) is 0. The van der Waals surface area contributed by atoms with Crippen molar-refractivity contribution in [1.29, 1.82) is 0 Å². The first-order valence-electron chi connectivity index (χ1n) is 6.48. The van der Waals surface area contributed by atoms with Crippen LogP contribution in [0, 0.1) is 12.8 Å². The third-order valence-corrected chi connectivity index (χ3v) is 3.36. The van der Waals surface area contributed by atoms with Gasteiger partial charge < -0.3 is 9.30 Å². The molecule has 1 aromatic heterocycles. The molecular formula is C15H20N2O2. The Balaban J connectivity index is 2.66. The number of carbonyl (C=O) groups excluding carboxylic acids is 1. The number of nitrogens with zero attached hydrogens (tertiary/aromatic N) is 2. The molecular weight excluding hydrogens is 240 g/mol. The molecule has 0 aliphatic carbocycles. The monoisotopic (exact) mass is 260 g/mol. The summed E-state index contributed by atoms with van der Waals surface area (Å²) in [6.45, 7) is 6.24. The van der Waals surface area contributed by atoms with E-state index in [-0.39, 0.29) is 5.97 Å². The average Bonchev–Trinajstić information content (AvgIpc) is 2.63. The van der Waals surface area contributed by atoms with E-state index in [4.69, 9.17) is 4.74 Å². The van der Waals surface area contributed by atoms with Gasteiger partial charge in [0.25, 0.3) is 0 Å². The lowest BCUT2D eigenvalue weighted by atomic mass is 9.97. The number of aryl methyl sites for hydroxylation is 2. The van der Waals surface area contributed by atoms with Crippen molar-refractivity contribution in [3.8, 4) is 0 Å². The lowest BCUT2D eigenvalue weighted by Crippen LogP contribution is -2.08. The second-order valence-electron chi connectivity index (χ2n) is 5.31. The molecule has 2 aromatic rings. The van der Waals surface area contributed by atoms with Gasteiger partial charge >= 0.3 is 5.97 Å². The minimum absolute atomic E-state index is 0.291. The van der Waals surface area contributed by atoms with Crippen LogP contribution in [0.15, 0.2) is 12.1 Å². The van der Waals surface area contributed by atoms with Crippen molar-refractivity contribution < 1.29 is 9.53 Å². The molecule has 1 heterocycles. The van der Waals surface area contributed by atoms with Crippen LogP contribution in [0.4, 0.5) is 0 Å². The molecule has 0 unspecified atom stereocenters. The van der Waals surface area contributed by atoms with Gasteiger partial charge in [0.2, 0.25) is 0 Å². The zero-order valence-corrected chi connectivity index (χ0v) is 12.2. The fourth-order valence-corrected chi connectivity index (χ4v) is 2.31. The van der Waals surface area contributed by atoms with Crippen LogP contribution in [0.25, 0.3) is 11.0 Å². The predicted octanol–water partition coefficient (Wildman–Crippen LogP) is 2.87. The fourth-order valence-electron chi connectivity index (χ4n) is 2.31. The molecule has 0 fully saturated rings. The molecule has 0 N–H and O–H groups in total. The molecule has 0 amide bonds. The third-order valence-electron chi connectivity index (χ3n) is 3.36. The first-order chi connectivity index (χ1) is 8.93. The fraction of sp³-hybridized carbons (Fsp3) is 0.467. The van der Waals surface area contributed by atoms with Gasteiger partial charge in [-0.25, -0.2) is 9.78 Å². The molecule has 0 radical (unpaired) electrons. The molecule has 0 aliphatic rings. The van der Waals surface area contributed by atoms with Crippen LogP contribution < -0.4 is 0 Å². The Kier molecular flexibility index (Phi) is 3.60. The molecule has 2 rings (SSSR count). The van der Waals surface area contributed by atoms with E-state index in [1.54, 1.807) is 0 Å². The summed E-state index contributed by atoms with van der Waals surface area (Å²) in [5, 5.41) is 0. The average molecular weight is 260 g/mol. The summed E-state index contributed by atoms with van der Waals surface area (Å²) < 4.78 is 6.91. The van der Waals surface area contributed by atoms with Crippen LogP contribution in [0.3, 0.4) is 0 Å². The Morgan fingerprint density at radius 2 is 2.11 bits per heavy atom. The summed E-state index contributed by atoms with van der Waals surface area (Å²) in [6.07, 6.45) is 0.852. The highest BCUT2D eigenvalue weighted by Crippen LogP contribution is 2.23. The summed E-state index contributed by atoms with van der Waals surface area (Å²) in [5.41, 5.74) is 3.55. The standard InChI is InChI=1S/C15H20N2O2/c1-9(2)6-11-7-14-13(16-10(3)17(14)4)8-12(11)15(18)19-5/h7-9H,6H2,1-5H3. The summed E-state index contributed by atoms with van der Waals surface area (Å²) in [4.78, 5) is 16.4. The van der Waals surface area contributed by atoms with E-state index in [0.29, 0.717) is 11.5 Å². The van der Waals surface area contributed by atoms with E-state index < -0.39 is 0 Å². The zero-order valence-electron chi connectivity index (χ0n) is 12.2. The lowest BCUT2D eigenvalue weighted by molar-refractivity contribution is 0.0599. The minimum atomic E-state index is -0.291. The summed E-state index contributed by atoms with van der Waals surface area (Å²) in [5.74, 6) is 1.13. The Morgan fingerprint density at radius 3 is 2.68 bits per heavy atom. The molecule has 0 aliphatic heterocycles. The van der Waals surface area contributed by atoms with E-state index in [9.17, 15) is 4.79 Å². The Bertz CT molecular complexity index is 627. The number of hydrogen-bond acceptors (Lipinski definition) is 3. The van der Waals surface area contributed by atoms with Gasteiger partial charge in [0.05, 0.1) is 23.7 Å². The normalized spacial score (nSPS) is 11.3. The SMILES string of the molecule is COC(=O)c1cc2nc(C)n(C)c2cc1CC(C)C. The molecule has 0 spiro atoms. The van der Waals surface area contributed by atoms with Crippen molar-refractivity contribution in [2.45, 2.75) is 27.2 Å². The zero-order chi connectivity index (χ0) is 14.2. The lowest BCUT2D eigenvalue weighted by Gasteiger charge is -2.11. The number of imidazole rings is 1. The number of rotatable bonds is 3. The second-order valence-corrected chi connectivity index (χ2v) is 5.31. The second kappa shape index (κ2) is 5.03. The van der Waals surface area contributed by atoms with Crippen LogP contribution in [0.2, 0.25) is 0 Å². The topological polar surface area (TPSA) is 44.1 Å². The summed E-state index contributed by atoms with van der Waals surface area (Å²) in [7, 11) is 3.40. The number of carbonyl (C=O) groups is 1. The third kappa shape index (κ3) is 2.48. The van der Waals surface area contributed by atoms with Crippen LogP contribution in [0.1, 0.15) is 35.6 Å². The molecule has 0 bridgehead atoms. The largest absolute Gasteiger partial charge is 0.465 e. The van der Waals surface area contributed by atoms with Crippen LogP contribution in [-0.4, -0.2) is 22.6 Å². The molecule has 1 aromatic carbocycles. The Labute approximate surface area is 113 Å². The Hall–Kier alpha value is -1.84. The number of methoxy groups -OCH3 is 1. The molecule has 4 nitrogen and oxygen atoms in total. The number of benzene rings is 1. The minimum Gasteiger partial charge on any atom is -0.465 e. The molecule has 4 heteroatoms. The number of fused-ring (bicyclic) bond motifs is 1. The molecule has 102 valence electrons. The molecule has 19 heavy (non-hydrogen) atoms. The maximum absolute atomic E-state index is 11.9. The van der Waals surface area contributed by atoms with Gasteiger partial charge in [-0.3, -0.25) is 0 Å². The van der Waals surface area contributed by atoms with E-state index in [1.165, 1.54) is 7.11 Å². The first-order valence-corrected chi connectivity index (χ1v) is 6.48. The van der Waals surface area contributed by atoms with Gasteiger partial charge in [-0.2, -0.15) is 0 Å². The van der Waals surface area contributed by atoms with Gasteiger partial charge in [-0.15, -0.1) is 0 Å².